The highest BCUT2D eigenvalue weighted by atomic mass is 16.5. The molecule has 1 aliphatic rings. The zero-order valence-corrected chi connectivity index (χ0v) is 18.9. The smallest absolute Gasteiger partial charge is 0.310 e. The third-order valence-corrected chi connectivity index (χ3v) is 6.27. The van der Waals surface area contributed by atoms with Gasteiger partial charge in [-0.2, -0.15) is 0 Å². The van der Waals surface area contributed by atoms with Crippen molar-refractivity contribution in [1.29, 1.82) is 0 Å². The van der Waals surface area contributed by atoms with Crippen molar-refractivity contribution < 1.29 is 14.3 Å². The van der Waals surface area contributed by atoms with Crippen LogP contribution in [-0.4, -0.2) is 41.6 Å². The van der Waals surface area contributed by atoms with Crippen LogP contribution in [0.15, 0.2) is 60.7 Å². The first-order chi connectivity index (χ1) is 15.0. The Balaban J connectivity index is 1.84. The Kier molecular flexibility index (Phi) is 7.85. The first kappa shape index (κ1) is 23.0. The van der Waals surface area contributed by atoms with Crippen molar-refractivity contribution in [1.82, 2.24) is 10.0 Å². The van der Waals surface area contributed by atoms with Crippen LogP contribution in [0, 0.1) is 11.3 Å². The van der Waals surface area contributed by atoms with E-state index in [1.807, 2.05) is 60.5 Å². The highest BCUT2D eigenvalue weighted by Gasteiger charge is 2.41. The van der Waals surface area contributed by atoms with Gasteiger partial charge in [0.05, 0.1) is 24.5 Å². The summed E-state index contributed by atoms with van der Waals surface area (Å²) in [5.41, 5.74) is 1.71. The van der Waals surface area contributed by atoms with E-state index in [1.165, 1.54) is 0 Å². The Morgan fingerprint density at radius 2 is 1.65 bits per heavy atom. The van der Waals surface area contributed by atoms with Crippen LogP contribution in [-0.2, 0) is 27.3 Å². The lowest BCUT2D eigenvalue weighted by Gasteiger charge is -2.39. The second-order valence-corrected chi connectivity index (χ2v) is 8.58. The molecule has 0 spiro atoms. The number of nitrogens with zero attached hydrogens (tertiary/aromatic N) is 2. The van der Waals surface area contributed by atoms with Gasteiger partial charge in [-0.05, 0) is 37.3 Å². The molecule has 0 N–H and O–H groups in total. The van der Waals surface area contributed by atoms with Crippen molar-refractivity contribution >= 4 is 11.9 Å². The summed E-state index contributed by atoms with van der Waals surface area (Å²) in [5.74, 6) is -0.250. The van der Waals surface area contributed by atoms with Gasteiger partial charge in [0.15, 0.2) is 0 Å². The maximum Gasteiger partial charge on any atom is 0.310 e. The lowest BCUT2D eigenvalue weighted by atomic mass is 9.80. The average Bonchev–Trinajstić information content (AvgIpc) is 3.28. The number of rotatable bonds is 9. The normalized spacial score (nSPS) is 18.4. The van der Waals surface area contributed by atoms with Crippen LogP contribution in [0.3, 0.4) is 0 Å². The molecule has 2 unspecified atom stereocenters. The van der Waals surface area contributed by atoms with Crippen LogP contribution in [0.2, 0.25) is 0 Å². The van der Waals surface area contributed by atoms with Gasteiger partial charge in [-0.1, -0.05) is 74.5 Å². The lowest BCUT2D eigenvalue weighted by molar-refractivity contribution is -0.162. The van der Waals surface area contributed by atoms with E-state index in [2.05, 4.69) is 31.0 Å². The van der Waals surface area contributed by atoms with E-state index in [-0.39, 0.29) is 17.8 Å². The fourth-order valence-corrected chi connectivity index (χ4v) is 4.18. The fourth-order valence-electron chi connectivity index (χ4n) is 4.18. The van der Waals surface area contributed by atoms with Gasteiger partial charge < -0.3 is 4.74 Å². The van der Waals surface area contributed by atoms with Crippen LogP contribution in [0.5, 0.6) is 0 Å². The van der Waals surface area contributed by atoms with Crippen molar-refractivity contribution in [2.75, 3.05) is 19.7 Å². The molecular weight excluding hydrogens is 388 g/mol. The molecule has 1 heterocycles. The van der Waals surface area contributed by atoms with Crippen LogP contribution >= 0.6 is 0 Å². The summed E-state index contributed by atoms with van der Waals surface area (Å²) >= 11 is 0. The highest BCUT2D eigenvalue weighted by Crippen LogP contribution is 2.32. The Morgan fingerprint density at radius 3 is 2.23 bits per heavy atom. The van der Waals surface area contributed by atoms with Gasteiger partial charge in [0, 0.05) is 13.1 Å². The van der Waals surface area contributed by atoms with Crippen LogP contribution in [0.25, 0.3) is 0 Å². The summed E-state index contributed by atoms with van der Waals surface area (Å²) in [7, 11) is 0. The molecule has 3 rings (SSSR count). The van der Waals surface area contributed by atoms with Crippen LogP contribution < -0.4 is 0 Å². The summed E-state index contributed by atoms with van der Waals surface area (Å²) in [5, 5.41) is 3.93. The van der Waals surface area contributed by atoms with E-state index in [0.29, 0.717) is 39.1 Å². The van der Waals surface area contributed by atoms with E-state index in [1.54, 1.807) is 0 Å². The van der Waals surface area contributed by atoms with E-state index >= 15 is 0 Å². The number of hydrazine groups is 1. The molecule has 1 amide bonds. The van der Waals surface area contributed by atoms with Gasteiger partial charge in [0.25, 0.3) is 0 Å². The van der Waals surface area contributed by atoms with E-state index in [9.17, 15) is 9.59 Å². The van der Waals surface area contributed by atoms with Crippen molar-refractivity contribution in [2.24, 2.45) is 11.3 Å². The molecule has 5 nitrogen and oxygen atoms in total. The van der Waals surface area contributed by atoms with Gasteiger partial charge in [0.1, 0.15) is 0 Å². The number of benzene rings is 2. The molecule has 1 aliphatic heterocycles. The Labute approximate surface area is 186 Å². The topological polar surface area (TPSA) is 49.9 Å². The molecule has 2 aromatic rings. The van der Waals surface area contributed by atoms with Crippen molar-refractivity contribution in [3.63, 3.8) is 0 Å². The van der Waals surface area contributed by atoms with Gasteiger partial charge in [0.2, 0.25) is 5.91 Å². The molecule has 2 atom stereocenters. The number of hydrogen-bond donors (Lipinski definition) is 0. The largest absolute Gasteiger partial charge is 0.466 e. The summed E-state index contributed by atoms with van der Waals surface area (Å²) in [6.45, 7) is 8.03. The first-order valence-corrected chi connectivity index (χ1v) is 11.3. The summed E-state index contributed by atoms with van der Waals surface area (Å²) in [4.78, 5) is 26.2. The highest BCUT2D eigenvalue weighted by molar-refractivity contribution is 5.82. The minimum Gasteiger partial charge on any atom is -0.466 e. The molecule has 0 radical (unpaired) electrons. The second kappa shape index (κ2) is 10.6. The molecule has 31 heavy (non-hydrogen) atoms. The van der Waals surface area contributed by atoms with Crippen LogP contribution in [0.4, 0.5) is 0 Å². The standard InChI is InChI=1S/C26H34N2O3/c1-4-26(3,18-21-12-8-6-9-13-21)25(30)28(19-22-14-10-7-11-15-22)27-17-16-23(20-27)24(29)31-5-2/h6-15,23H,4-5,16-20H2,1-3H3. The van der Waals surface area contributed by atoms with E-state index in [0.717, 1.165) is 17.5 Å². The minimum atomic E-state index is -0.530. The first-order valence-electron chi connectivity index (χ1n) is 11.3. The fraction of sp³-hybridized carbons (Fsp3) is 0.462. The van der Waals surface area contributed by atoms with Gasteiger partial charge in [-0.3, -0.25) is 14.6 Å². The number of esters is 1. The number of ether oxygens (including phenoxy) is 1. The summed E-state index contributed by atoms with van der Waals surface area (Å²) in [6, 6.07) is 20.2. The average molecular weight is 423 g/mol. The molecule has 166 valence electrons. The second-order valence-electron chi connectivity index (χ2n) is 8.58. The number of hydrogen-bond acceptors (Lipinski definition) is 4. The molecule has 1 saturated heterocycles. The zero-order valence-electron chi connectivity index (χ0n) is 18.9. The number of carbonyl (C=O) groups excluding carboxylic acids is 2. The van der Waals surface area contributed by atoms with Gasteiger partial charge in [-0.15, -0.1) is 0 Å². The molecule has 0 saturated carbocycles. The monoisotopic (exact) mass is 422 g/mol. The van der Waals surface area contributed by atoms with E-state index in [4.69, 9.17) is 4.74 Å². The molecule has 5 heteroatoms. The Bertz CT molecular complexity index is 855. The van der Waals surface area contributed by atoms with Gasteiger partial charge in [-0.25, -0.2) is 5.01 Å². The maximum absolute atomic E-state index is 14.0. The van der Waals surface area contributed by atoms with Crippen molar-refractivity contribution in [3.8, 4) is 0 Å². The molecule has 1 fully saturated rings. The van der Waals surface area contributed by atoms with Crippen molar-refractivity contribution in [3.05, 3.63) is 71.8 Å². The summed E-state index contributed by atoms with van der Waals surface area (Å²) < 4.78 is 5.23. The van der Waals surface area contributed by atoms with E-state index < -0.39 is 5.41 Å². The predicted molar refractivity (Wildman–Crippen MR) is 122 cm³/mol. The Morgan fingerprint density at radius 1 is 1.03 bits per heavy atom. The Hall–Kier alpha value is -2.66. The lowest BCUT2D eigenvalue weighted by Crippen LogP contribution is -2.51. The quantitative estimate of drug-likeness (QED) is 0.559. The third kappa shape index (κ3) is 5.73. The summed E-state index contributed by atoms with van der Waals surface area (Å²) in [6.07, 6.45) is 2.13. The number of amides is 1. The molecular formula is C26H34N2O3. The predicted octanol–water partition coefficient (Wildman–Crippen LogP) is 4.47. The zero-order chi connectivity index (χ0) is 22.3. The van der Waals surface area contributed by atoms with Gasteiger partial charge >= 0.3 is 5.97 Å². The minimum absolute atomic E-state index is 0.104. The maximum atomic E-state index is 14.0. The number of carbonyl (C=O) groups is 2. The molecule has 0 bridgehead atoms. The van der Waals surface area contributed by atoms with Crippen LogP contribution in [0.1, 0.15) is 44.7 Å². The SMILES string of the molecule is CCOC(=O)C1CCN(N(Cc2ccccc2)C(=O)C(C)(CC)Cc2ccccc2)C1. The molecule has 0 aliphatic carbocycles. The van der Waals surface area contributed by atoms with Crippen molar-refractivity contribution in [2.45, 2.75) is 46.6 Å². The molecule has 2 aromatic carbocycles. The third-order valence-electron chi connectivity index (χ3n) is 6.27. The molecule has 0 aromatic heterocycles.